The standard InChI is InChI=1S/C16H25NO3/c1-9-7-10(2)13-12(11(9)3)8-17(14(13)18)15(19)20-16(4,5)6/h7,9,11-13H,8H2,1-6H3/t9-,11-,12-,13+/m0/s1. The number of allylic oxidation sites excluding steroid dienone is 1. The molecule has 1 aliphatic carbocycles. The van der Waals surface area contributed by atoms with Crippen LogP contribution in [0.3, 0.4) is 0 Å². The first kappa shape index (κ1) is 15.1. The van der Waals surface area contributed by atoms with E-state index in [1.807, 2.05) is 27.7 Å². The Morgan fingerprint density at radius 2 is 1.95 bits per heavy atom. The second kappa shape index (κ2) is 4.90. The third-order valence-corrected chi connectivity index (χ3v) is 4.49. The molecule has 112 valence electrons. The van der Waals surface area contributed by atoms with Gasteiger partial charge in [-0.1, -0.05) is 25.5 Å². The van der Waals surface area contributed by atoms with Gasteiger partial charge in [0.2, 0.25) is 5.91 Å². The van der Waals surface area contributed by atoms with E-state index in [-0.39, 0.29) is 17.7 Å². The number of imide groups is 1. The first-order valence-electron chi connectivity index (χ1n) is 7.34. The number of carbonyl (C=O) groups is 2. The Hall–Kier alpha value is -1.32. The summed E-state index contributed by atoms with van der Waals surface area (Å²) >= 11 is 0. The number of ether oxygens (including phenoxy) is 1. The number of likely N-dealkylation sites (tertiary alicyclic amines) is 1. The van der Waals surface area contributed by atoms with Gasteiger partial charge in [0.05, 0.1) is 5.92 Å². The van der Waals surface area contributed by atoms with Crippen molar-refractivity contribution >= 4 is 12.0 Å². The van der Waals surface area contributed by atoms with Crippen molar-refractivity contribution < 1.29 is 14.3 Å². The molecule has 1 saturated heterocycles. The molecule has 0 N–H and O–H groups in total. The molecule has 4 heteroatoms. The monoisotopic (exact) mass is 279 g/mol. The summed E-state index contributed by atoms with van der Waals surface area (Å²) in [5, 5.41) is 0. The van der Waals surface area contributed by atoms with Crippen molar-refractivity contribution in [1.82, 2.24) is 4.90 Å². The quantitative estimate of drug-likeness (QED) is 0.640. The average molecular weight is 279 g/mol. The van der Waals surface area contributed by atoms with Crippen LogP contribution in [-0.4, -0.2) is 29.0 Å². The lowest BCUT2D eigenvalue weighted by Crippen LogP contribution is -2.38. The molecule has 1 fully saturated rings. The summed E-state index contributed by atoms with van der Waals surface area (Å²) < 4.78 is 5.34. The Labute approximate surface area is 121 Å². The van der Waals surface area contributed by atoms with Crippen molar-refractivity contribution in [3.8, 4) is 0 Å². The first-order valence-corrected chi connectivity index (χ1v) is 7.34. The lowest BCUT2D eigenvalue weighted by atomic mass is 9.70. The van der Waals surface area contributed by atoms with Gasteiger partial charge >= 0.3 is 6.09 Å². The zero-order valence-electron chi connectivity index (χ0n) is 13.3. The van der Waals surface area contributed by atoms with E-state index in [1.54, 1.807) is 0 Å². The Bertz CT molecular complexity index is 461. The topological polar surface area (TPSA) is 46.6 Å². The van der Waals surface area contributed by atoms with E-state index >= 15 is 0 Å². The predicted octanol–water partition coefficient (Wildman–Crippen LogP) is 3.23. The summed E-state index contributed by atoms with van der Waals surface area (Å²) in [7, 11) is 0. The minimum atomic E-state index is -0.574. The van der Waals surface area contributed by atoms with Gasteiger partial charge in [-0.15, -0.1) is 0 Å². The van der Waals surface area contributed by atoms with E-state index in [4.69, 9.17) is 4.74 Å². The molecular formula is C16H25NO3. The van der Waals surface area contributed by atoms with Gasteiger partial charge in [0, 0.05) is 6.54 Å². The van der Waals surface area contributed by atoms with Gasteiger partial charge in [0.1, 0.15) is 5.60 Å². The molecule has 0 radical (unpaired) electrons. The fourth-order valence-corrected chi connectivity index (χ4v) is 3.30. The van der Waals surface area contributed by atoms with Crippen LogP contribution in [0.25, 0.3) is 0 Å². The smallest absolute Gasteiger partial charge is 0.417 e. The summed E-state index contributed by atoms with van der Waals surface area (Å²) in [6, 6.07) is 0. The fourth-order valence-electron chi connectivity index (χ4n) is 3.30. The molecule has 4 nitrogen and oxygen atoms in total. The summed E-state index contributed by atoms with van der Waals surface area (Å²) in [5.74, 6) is 0.822. The summed E-state index contributed by atoms with van der Waals surface area (Å²) in [6.45, 7) is 12.3. The summed E-state index contributed by atoms with van der Waals surface area (Å²) in [5.41, 5.74) is 0.520. The van der Waals surface area contributed by atoms with Crippen LogP contribution in [0.5, 0.6) is 0 Å². The van der Waals surface area contributed by atoms with E-state index < -0.39 is 11.7 Å². The number of fused-ring (bicyclic) bond motifs is 1. The maximum atomic E-state index is 12.5. The number of hydrogen-bond donors (Lipinski definition) is 0. The Morgan fingerprint density at radius 1 is 1.35 bits per heavy atom. The highest BCUT2D eigenvalue weighted by Gasteiger charge is 2.49. The molecule has 0 aromatic carbocycles. The zero-order valence-corrected chi connectivity index (χ0v) is 13.3. The van der Waals surface area contributed by atoms with E-state index in [9.17, 15) is 9.59 Å². The SMILES string of the molecule is CC1=C[C@H](C)[C@H](C)[C@@H]2CN(C(=O)OC(C)(C)C)C(=O)[C@H]12. The molecular weight excluding hydrogens is 254 g/mol. The maximum Gasteiger partial charge on any atom is 0.417 e. The van der Waals surface area contributed by atoms with Crippen LogP contribution in [0, 0.1) is 23.7 Å². The van der Waals surface area contributed by atoms with Crippen LogP contribution < -0.4 is 0 Å². The van der Waals surface area contributed by atoms with Crippen LogP contribution in [-0.2, 0) is 9.53 Å². The van der Waals surface area contributed by atoms with Crippen molar-refractivity contribution in [2.24, 2.45) is 23.7 Å². The zero-order chi connectivity index (χ0) is 15.2. The van der Waals surface area contributed by atoms with Crippen molar-refractivity contribution in [1.29, 1.82) is 0 Å². The van der Waals surface area contributed by atoms with Crippen molar-refractivity contribution in [3.05, 3.63) is 11.6 Å². The van der Waals surface area contributed by atoms with Crippen LogP contribution in [0.15, 0.2) is 11.6 Å². The normalized spacial score (nSPS) is 33.8. The van der Waals surface area contributed by atoms with E-state index in [2.05, 4.69) is 19.9 Å². The highest BCUT2D eigenvalue weighted by Crippen LogP contribution is 2.43. The lowest BCUT2D eigenvalue weighted by molar-refractivity contribution is -0.129. The highest BCUT2D eigenvalue weighted by molar-refractivity contribution is 5.97. The number of carbonyl (C=O) groups excluding carboxylic acids is 2. The van der Waals surface area contributed by atoms with E-state index in [1.165, 1.54) is 4.90 Å². The van der Waals surface area contributed by atoms with Gasteiger partial charge in [0.25, 0.3) is 0 Å². The second-order valence-corrected chi connectivity index (χ2v) is 7.20. The summed E-state index contributed by atoms with van der Waals surface area (Å²) in [4.78, 5) is 26.0. The summed E-state index contributed by atoms with van der Waals surface area (Å²) in [6.07, 6.45) is 1.66. The van der Waals surface area contributed by atoms with E-state index in [0.29, 0.717) is 18.4 Å². The molecule has 2 amide bonds. The Morgan fingerprint density at radius 3 is 2.50 bits per heavy atom. The molecule has 0 aromatic heterocycles. The average Bonchev–Trinajstić information content (AvgIpc) is 2.62. The fraction of sp³-hybridized carbons (Fsp3) is 0.750. The van der Waals surface area contributed by atoms with Crippen LogP contribution in [0.2, 0.25) is 0 Å². The first-order chi connectivity index (χ1) is 9.11. The number of rotatable bonds is 0. The highest BCUT2D eigenvalue weighted by atomic mass is 16.6. The van der Waals surface area contributed by atoms with Crippen molar-refractivity contribution in [2.45, 2.75) is 47.1 Å². The number of hydrogen-bond acceptors (Lipinski definition) is 3. The minimum Gasteiger partial charge on any atom is -0.443 e. The van der Waals surface area contributed by atoms with Crippen molar-refractivity contribution in [3.63, 3.8) is 0 Å². The molecule has 4 atom stereocenters. The molecule has 0 bridgehead atoms. The van der Waals surface area contributed by atoms with Crippen LogP contribution in [0.4, 0.5) is 4.79 Å². The predicted molar refractivity (Wildman–Crippen MR) is 77.0 cm³/mol. The molecule has 2 rings (SSSR count). The largest absolute Gasteiger partial charge is 0.443 e. The molecule has 0 aromatic rings. The molecule has 1 heterocycles. The van der Waals surface area contributed by atoms with E-state index in [0.717, 1.165) is 5.57 Å². The lowest BCUT2D eigenvalue weighted by Gasteiger charge is -2.32. The van der Waals surface area contributed by atoms with Gasteiger partial charge in [-0.3, -0.25) is 4.79 Å². The molecule has 1 aliphatic heterocycles. The van der Waals surface area contributed by atoms with Gasteiger partial charge in [-0.05, 0) is 45.4 Å². The minimum absolute atomic E-state index is 0.100. The van der Waals surface area contributed by atoms with Gasteiger partial charge in [-0.2, -0.15) is 0 Å². The molecule has 0 saturated carbocycles. The second-order valence-electron chi connectivity index (χ2n) is 7.20. The van der Waals surface area contributed by atoms with Gasteiger partial charge < -0.3 is 4.74 Å². The third kappa shape index (κ3) is 2.60. The van der Waals surface area contributed by atoms with Crippen molar-refractivity contribution in [2.75, 3.05) is 6.54 Å². The maximum absolute atomic E-state index is 12.5. The van der Waals surface area contributed by atoms with Crippen LogP contribution in [0.1, 0.15) is 41.5 Å². The number of nitrogens with zero attached hydrogens (tertiary/aromatic N) is 1. The third-order valence-electron chi connectivity index (χ3n) is 4.49. The van der Waals surface area contributed by atoms with Crippen LogP contribution >= 0.6 is 0 Å². The number of amides is 2. The van der Waals surface area contributed by atoms with Gasteiger partial charge in [0.15, 0.2) is 0 Å². The molecule has 0 unspecified atom stereocenters. The Kier molecular flexibility index (Phi) is 3.69. The molecule has 2 aliphatic rings. The van der Waals surface area contributed by atoms with Gasteiger partial charge in [-0.25, -0.2) is 9.69 Å². The molecule has 0 spiro atoms. The Balaban J connectivity index is 2.21. The molecule has 20 heavy (non-hydrogen) atoms.